The van der Waals surface area contributed by atoms with Gasteiger partial charge in [-0.3, -0.25) is 14.5 Å². The third kappa shape index (κ3) is 7.03. The van der Waals surface area contributed by atoms with Crippen LogP contribution < -0.4 is 15.4 Å². The largest absolute Gasteiger partial charge is 0.497 e. The molecule has 1 aromatic rings. The zero-order chi connectivity index (χ0) is 21.4. The Bertz CT molecular complexity index is 652. The van der Waals surface area contributed by atoms with Gasteiger partial charge in [0.2, 0.25) is 11.8 Å². The van der Waals surface area contributed by atoms with Gasteiger partial charge in [-0.1, -0.05) is 39.8 Å². The molecule has 6 heteroatoms. The maximum atomic E-state index is 12.9. The highest BCUT2D eigenvalue weighted by Crippen LogP contribution is 2.26. The molecule has 0 bridgehead atoms. The molecule has 0 radical (unpaired) electrons. The summed E-state index contributed by atoms with van der Waals surface area (Å²) >= 11 is 0. The first-order chi connectivity index (χ1) is 13.8. The smallest absolute Gasteiger partial charge is 0.242 e. The van der Waals surface area contributed by atoms with E-state index < -0.39 is 6.04 Å². The van der Waals surface area contributed by atoms with Gasteiger partial charge in [-0.25, -0.2) is 0 Å². The van der Waals surface area contributed by atoms with E-state index in [0.717, 1.165) is 24.4 Å². The van der Waals surface area contributed by atoms with Crippen molar-refractivity contribution in [1.82, 2.24) is 15.5 Å². The molecule has 2 amide bonds. The summed E-state index contributed by atoms with van der Waals surface area (Å²) in [6.07, 6.45) is 2.79. The van der Waals surface area contributed by atoms with Crippen molar-refractivity contribution in [3.05, 3.63) is 29.8 Å². The summed E-state index contributed by atoms with van der Waals surface area (Å²) in [5, 5.41) is 6.01. The van der Waals surface area contributed by atoms with Crippen LogP contribution in [0.4, 0.5) is 0 Å². The molecule has 6 nitrogen and oxygen atoms in total. The van der Waals surface area contributed by atoms with Crippen LogP contribution in [0.5, 0.6) is 5.75 Å². The molecule has 162 valence electrons. The zero-order valence-corrected chi connectivity index (χ0v) is 18.5. The molecule has 0 spiro atoms. The van der Waals surface area contributed by atoms with Crippen LogP contribution in [0, 0.1) is 11.8 Å². The third-order valence-corrected chi connectivity index (χ3v) is 5.41. The molecular weight excluding hydrogens is 366 g/mol. The van der Waals surface area contributed by atoms with Crippen LogP contribution >= 0.6 is 0 Å². The summed E-state index contributed by atoms with van der Waals surface area (Å²) in [4.78, 5) is 27.5. The minimum absolute atomic E-state index is 0.0253. The highest BCUT2D eigenvalue weighted by molar-refractivity contribution is 5.87. The lowest BCUT2D eigenvalue weighted by Gasteiger charge is -2.30. The predicted octanol–water partition coefficient (Wildman–Crippen LogP) is 3.14. The molecule has 2 rings (SSSR count). The van der Waals surface area contributed by atoms with Crippen molar-refractivity contribution in [3.63, 3.8) is 0 Å². The van der Waals surface area contributed by atoms with Crippen LogP contribution in [0.3, 0.4) is 0 Å². The van der Waals surface area contributed by atoms with E-state index in [2.05, 4.69) is 27.7 Å². The van der Waals surface area contributed by atoms with Crippen molar-refractivity contribution in [2.45, 2.75) is 59.0 Å². The second-order valence-corrected chi connectivity index (χ2v) is 8.66. The number of hydrogen-bond donors (Lipinski definition) is 2. The summed E-state index contributed by atoms with van der Waals surface area (Å²) in [6.45, 7) is 10.5. The number of carbonyl (C=O) groups excluding carboxylic acids is 2. The van der Waals surface area contributed by atoms with E-state index in [0.29, 0.717) is 13.0 Å². The minimum atomic E-state index is -0.517. The fourth-order valence-electron chi connectivity index (χ4n) is 3.78. The number of nitrogens with one attached hydrogen (secondary N) is 2. The number of amides is 2. The zero-order valence-electron chi connectivity index (χ0n) is 18.5. The Hall–Kier alpha value is -2.08. The molecule has 0 aliphatic carbocycles. The normalized spacial score (nSPS) is 16.7. The molecule has 1 heterocycles. The van der Waals surface area contributed by atoms with E-state index >= 15 is 0 Å². The number of likely N-dealkylation sites (tertiary alicyclic amines) is 1. The Morgan fingerprint density at radius 1 is 1.07 bits per heavy atom. The highest BCUT2D eigenvalue weighted by atomic mass is 16.5. The highest BCUT2D eigenvalue weighted by Gasteiger charge is 2.28. The Labute approximate surface area is 175 Å². The second kappa shape index (κ2) is 11.2. The lowest BCUT2D eigenvalue weighted by molar-refractivity contribution is -0.130. The molecule has 2 N–H and O–H groups in total. The SMILES string of the molecule is COc1ccc(C(CNC(=O)C(NC(=O)CC(C)C)C(C)C)N2CCCC2)cc1. The van der Waals surface area contributed by atoms with Crippen LogP contribution in [-0.2, 0) is 9.59 Å². The Kier molecular flexibility index (Phi) is 8.96. The van der Waals surface area contributed by atoms with Crippen molar-refractivity contribution in [2.24, 2.45) is 11.8 Å². The van der Waals surface area contributed by atoms with E-state index in [4.69, 9.17) is 4.74 Å². The summed E-state index contributed by atoms with van der Waals surface area (Å²) in [5.41, 5.74) is 1.16. The van der Waals surface area contributed by atoms with Crippen molar-refractivity contribution < 1.29 is 14.3 Å². The maximum absolute atomic E-state index is 12.9. The predicted molar refractivity (Wildman–Crippen MR) is 116 cm³/mol. The second-order valence-electron chi connectivity index (χ2n) is 8.66. The lowest BCUT2D eigenvalue weighted by atomic mass is 10.0. The van der Waals surface area contributed by atoms with E-state index in [1.165, 1.54) is 12.8 Å². The first-order valence-electron chi connectivity index (χ1n) is 10.8. The topological polar surface area (TPSA) is 70.7 Å². The van der Waals surface area contributed by atoms with Crippen LogP contribution in [-0.4, -0.2) is 49.5 Å². The molecule has 1 aromatic carbocycles. The van der Waals surface area contributed by atoms with E-state index in [1.54, 1.807) is 7.11 Å². The number of rotatable bonds is 10. The van der Waals surface area contributed by atoms with E-state index in [9.17, 15) is 9.59 Å². The monoisotopic (exact) mass is 403 g/mol. The maximum Gasteiger partial charge on any atom is 0.242 e. The number of carbonyl (C=O) groups is 2. The minimum Gasteiger partial charge on any atom is -0.497 e. The number of methoxy groups -OCH3 is 1. The van der Waals surface area contributed by atoms with Crippen LogP contribution in [0.15, 0.2) is 24.3 Å². The number of benzene rings is 1. The number of nitrogens with zero attached hydrogens (tertiary/aromatic N) is 1. The standard InChI is InChI=1S/C23H37N3O3/c1-16(2)14-21(27)25-22(17(3)4)23(28)24-15-20(26-12-6-7-13-26)18-8-10-19(29-5)11-9-18/h8-11,16-17,20,22H,6-7,12-15H2,1-5H3,(H,24,28)(H,25,27). The lowest BCUT2D eigenvalue weighted by Crippen LogP contribution is -2.51. The molecule has 0 aromatic heterocycles. The molecule has 1 saturated heterocycles. The fourth-order valence-corrected chi connectivity index (χ4v) is 3.78. The number of hydrogen-bond acceptors (Lipinski definition) is 4. The van der Waals surface area contributed by atoms with Crippen LogP contribution in [0.2, 0.25) is 0 Å². The molecule has 2 unspecified atom stereocenters. The van der Waals surface area contributed by atoms with E-state index in [-0.39, 0.29) is 29.7 Å². The van der Waals surface area contributed by atoms with Crippen molar-refractivity contribution in [1.29, 1.82) is 0 Å². The molecule has 1 fully saturated rings. The van der Waals surface area contributed by atoms with Crippen LogP contribution in [0.25, 0.3) is 0 Å². The van der Waals surface area contributed by atoms with Gasteiger partial charge in [0.1, 0.15) is 11.8 Å². The van der Waals surface area contributed by atoms with Crippen molar-refractivity contribution in [3.8, 4) is 5.75 Å². The summed E-state index contributed by atoms with van der Waals surface area (Å²) in [6, 6.07) is 7.66. The summed E-state index contributed by atoms with van der Waals surface area (Å²) < 4.78 is 5.27. The first-order valence-corrected chi connectivity index (χ1v) is 10.8. The molecule has 1 aliphatic heterocycles. The molecule has 0 saturated carbocycles. The van der Waals surface area contributed by atoms with E-state index in [1.807, 2.05) is 39.8 Å². The van der Waals surface area contributed by atoms with Gasteiger partial charge in [-0.15, -0.1) is 0 Å². The van der Waals surface area contributed by atoms with Gasteiger partial charge in [-0.05, 0) is 55.5 Å². The molecular formula is C23H37N3O3. The van der Waals surface area contributed by atoms with Crippen molar-refractivity contribution in [2.75, 3.05) is 26.7 Å². The van der Waals surface area contributed by atoms with Crippen LogP contribution in [0.1, 0.15) is 58.6 Å². The molecule has 29 heavy (non-hydrogen) atoms. The van der Waals surface area contributed by atoms with Gasteiger partial charge in [-0.2, -0.15) is 0 Å². The van der Waals surface area contributed by atoms with Crippen molar-refractivity contribution >= 4 is 11.8 Å². The summed E-state index contributed by atoms with van der Waals surface area (Å²) in [5.74, 6) is 0.929. The Morgan fingerprint density at radius 3 is 2.21 bits per heavy atom. The average Bonchev–Trinajstić information content (AvgIpc) is 3.20. The van der Waals surface area contributed by atoms with Gasteiger partial charge in [0.25, 0.3) is 0 Å². The van der Waals surface area contributed by atoms with Gasteiger partial charge in [0, 0.05) is 13.0 Å². The number of ether oxygens (including phenoxy) is 1. The Balaban J connectivity index is 2.05. The molecule has 1 aliphatic rings. The summed E-state index contributed by atoms with van der Waals surface area (Å²) in [7, 11) is 1.66. The first kappa shape index (κ1) is 23.2. The van der Waals surface area contributed by atoms with Gasteiger partial charge < -0.3 is 15.4 Å². The molecule has 2 atom stereocenters. The Morgan fingerprint density at radius 2 is 1.69 bits per heavy atom. The third-order valence-electron chi connectivity index (χ3n) is 5.41. The van der Waals surface area contributed by atoms with Gasteiger partial charge >= 0.3 is 0 Å². The van der Waals surface area contributed by atoms with Gasteiger partial charge in [0.15, 0.2) is 0 Å². The quantitative estimate of drug-likeness (QED) is 0.630. The van der Waals surface area contributed by atoms with Gasteiger partial charge in [0.05, 0.1) is 13.2 Å². The average molecular weight is 404 g/mol. The fraction of sp³-hybridized carbons (Fsp3) is 0.652.